The van der Waals surface area contributed by atoms with Gasteiger partial charge in [-0.05, 0) is 17.6 Å². The normalized spacial score (nSPS) is 34.3. The Bertz CT molecular complexity index is 99.1. The maximum atomic E-state index is 4.45. The average Bonchev–Trinajstić information content (AvgIpc) is 1.60. The molecule has 1 atom stereocenters. The largest absolute Gasteiger partial charge is 0.175 e. The lowest BCUT2D eigenvalue weighted by molar-refractivity contribution is 0.381. The van der Waals surface area contributed by atoms with Crippen LogP contribution >= 0.6 is 24.4 Å². The highest BCUT2D eigenvalue weighted by Crippen LogP contribution is 2.35. The van der Waals surface area contributed by atoms with Gasteiger partial charge < -0.3 is 0 Å². The molecular weight excluding hydrogens is 148 g/mol. The smallest absolute Gasteiger partial charge is 0.0113 e. The van der Waals surface area contributed by atoms with E-state index in [2.05, 4.69) is 26.5 Å². The van der Waals surface area contributed by atoms with Crippen LogP contribution in [0, 0.1) is 5.41 Å². The van der Waals surface area contributed by atoms with E-state index in [-0.39, 0.29) is 0 Å². The number of thioether (sulfide) groups is 1. The summed E-state index contributed by atoms with van der Waals surface area (Å²) in [7, 11) is 0. The molecule has 1 heterocycles. The van der Waals surface area contributed by atoms with E-state index in [1.165, 1.54) is 17.9 Å². The van der Waals surface area contributed by atoms with E-state index < -0.39 is 0 Å². The van der Waals surface area contributed by atoms with Crippen LogP contribution in [0.5, 0.6) is 0 Å². The molecule has 1 fully saturated rings. The SMILES string of the molecule is CC1(C)CSCC(S)C1. The fraction of sp³-hybridized carbons (Fsp3) is 1.00. The predicted octanol–water partition coefficient (Wildman–Crippen LogP) is 2.45. The Balaban J connectivity index is 2.41. The fourth-order valence-electron chi connectivity index (χ4n) is 1.23. The minimum atomic E-state index is 0.537. The zero-order valence-electron chi connectivity index (χ0n) is 6.05. The van der Waals surface area contributed by atoms with Crippen molar-refractivity contribution in [2.75, 3.05) is 11.5 Å². The van der Waals surface area contributed by atoms with E-state index in [9.17, 15) is 0 Å². The zero-order valence-corrected chi connectivity index (χ0v) is 7.77. The molecule has 1 saturated heterocycles. The molecule has 0 nitrogen and oxygen atoms in total. The number of hydrogen-bond acceptors (Lipinski definition) is 2. The minimum absolute atomic E-state index is 0.537. The summed E-state index contributed by atoms with van der Waals surface area (Å²) in [5.41, 5.74) is 0.537. The van der Waals surface area contributed by atoms with Crippen LogP contribution < -0.4 is 0 Å². The quantitative estimate of drug-likeness (QED) is 0.534. The van der Waals surface area contributed by atoms with Crippen LogP contribution in [0.15, 0.2) is 0 Å². The standard InChI is InChI=1S/C7H14S2/c1-7(2)3-6(8)4-9-5-7/h6,8H,3-5H2,1-2H3. The van der Waals surface area contributed by atoms with Crippen molar-refractivity contribution in [1.82, 2.24) is 0 Å². The molecule has 2 heteroatoms. The zero-order chi connectivity index (χ0) is 6.91. The molecule has 1 aliphatic heterocycles. The number of hydrogen-bond donors (Lipinski definition) is 1. The lowest BCUT2D eigenvalue weighted by Crippen LogP contribution is -2.26. The van der Waals surface area contributed by atoms with Crippen LogP contribution in [-0.2, 0) is 0 Å². The monoisotopic (exact) mass is 162 g/mol. The Hall–Kier alpha value is 0.700. The van der Waals surface area contributed by atoms with Gasteiger partial charge in [-0.15, -0.1) is 0 Å². The molecule has 1 rings (SSSR count). The highest BCUT2D eigenvalue weighted by atomic mass is 32.2. The van der Waals surface area contributed by atoms with Crippen LogP contribution in [-0.4, -0.2) is 16.8 Å². The number of rotatable bonds is 0. The number of thiol groups is 1. The molecule has 0 aromatic heterocycles. The van der Waals surface area contributed by atoms with E-state index >= 15 is 0 Å². The van der Waals surface area contributed by atoms with Gasteiger partial charge in [-0.1, -0.05) is 13.8 Å². The Morgan fingerprint density at radius 2 is 2.22 bits per heavy atom. The van der Waals surface area contributed by atoms with Crippen molar-refractivity contribution >= 4 is 24.4 Å². The summed E-state index contributed by atoms with van der Waals surface area (Å²) in [5.74, 6) is 2.55. The van der Waals surface area contributed by atoms with Crippen LogP contribution in [0.25, 0.3) is 0 Å². The molecule has 0 radical (unpaired) electrons. The van der Waals surface area contributed by atoms with Crippen molar-refractivity contribution in [3.05, 3.63) is 0 Å². The molecule has 0 aliphatic carbocycles. The van der Waals surface area contributed by atoms with Gasteiger partial charge in [0.25, 0.3) is 0 Å². The molecule has 54 valence electrons. The maximum absolute atomic E-state index is 4.45. The summed E-state index contributed by atoms with van der Waals surface area (Å²) in [6.07, 6.45) is 1.28. The molecule has 0 saturated carbocycles. The van der Waals surface area contributed by atoms with E-state index in [0.717, 1.165) is 0 Å². The molecule has 0 aromatic rings. The topological polar surface area (TPSA) is 0 Å². The lowest BCUT2D eigenvalue weighted by atomic mass is 9.90. The third-order valence-corrected chi connectivity index (χ3v) is 3.83. The second-order valence-electron chi connectivity index (χ2n) is 3.54. The predicted molar refractivity (Wildman–Crippen MR) is 48.5 cm³/mol. The van der Waals surface area contributed by atoms with Gasteiger partial charge in [0.2, 0.25) is 0 Å². The molecule has 0 bridgehead atoms. The van der Waals surface area contributed by atoms with Crippen LogP contribution in [0.4, 0.5) is 0 Å². The second-order valence-corrected chi connectivity index (χ2v) is 5.30. The Labute approximate surface area is 67.2 Å². The minimum Gasteiger partial charge on any atom is -0.175 e. The van der Waals surface area contributed by atoms with Crippen molar-refractivity contribution < 1.29 is 0 Å². The van der Waals surface area contributed by atoms with E-state index in [0.29, 0.717) is 10.7 Å². The Kier molecular flexibility index (Phi) is 2.38. The lowest BCUT2D eigenvalue weighted by Gasteiger charge is -2.32. The summed E-state index contributed by atoms with van der Waals surface area (Å²) < 4.78 is 0. The molecular formula is C7H14S2. The molecule has 0 spiro atoms. The van der Waals surface area contributed by atoms with Crippen LogP contribution in [0.1, 0.15) is 20.3 Å². The van der Waals surface area contributed by atoms with Crippen molar-refractivity contribution in [2.45, 2.75) is 25.5 Å². The highest BCUT2D eigenvalue weighted by Gasteiger charge is 2.25. The molecule has 0 aromatic carbocycles. The van der Waals surface area contributed by atoms with E-state index in [1.54, 1.807) is 0 Å². The van der Waals surface area contributed by atoms with Gasteiger partial charge in [0.1, 0.15) is 0 Å². The third kappa shape index (κ3) is 2.42. The van der Waals surface area contributed by atoms with Gasteiger partial charge in [-0.25, -0.2) is 0 Å². The first kappa shape index (κ1) is 7.80. The summed E-state index contributed by atoms with van der Waals surface area (Å²) in [4.78, 5) is 0. The second kappa shape index (κ2) is 2.75. The maximum Gasteiger partial charge on any atom is 0.0113 e. The molecule has 1 unspecified atom stereocenters. The molecule has 9 heavy (non-hydrogen) atoms. The summed E-state index contributed by atoms with van der Waals surface area (Å²) in [6, 6.07) is 0. The van der Waals surface area contributed by atoms with Gasteiger partial charge in [0, 0.05) is 11.0 Å². The van der Waals surface area contributed by atoms with E-state index in [4.69, 9.17) is 0 Å². The van der Waals surface area contributed by atoms with Crippen molar-refractivity contribution in [2.24, 2.45) is 5.41 Å². The van der Waals surface area contributed by atoms with Crippen LogP contribution in [0.3, 0.4) is 0 Å². The van der Waals surface area contributed by atoms with Crippen molar-refractivity contribution in [1.29, 1.82) is 0 Å². The van der Waals surface area contributed by atoms with Gasteiger partial charge >= 0.3 is 0 Å². The summed E-state index contributed by atoms with van der Waals surface area (Å²) in [5, 5.41) is 0.638. The highest BCUT2D eigenvalue weighted by molar-refractivity contribution is 8.00. The van der Waals surface area contributed by atoms with Gasteiger partial charge in [-0.2, -0.15) is 24.4 Å². The van der Waals surface area contributed by atoms with Gasteiger partial charge in [0.05, 0.1) is 0 Å². The summed E-state index contributed by atoms with van der Waals surface area (Å²) >= 11 is 6.49. The molecule has 0 amide bonds. The molecule has 1 aliphatic rings. The van der Waals surface area contributed by atoms with Crippen molar-refractivity contribution in [3.8, 4) is 0 Å². The summed E-state index contributed by atoms with van der Waals surface area (Å²) in [6.45, 7) is 4.64. The Morgan fingerprint density at radius 3 is 2.56 bits per heavy atom. The van der Waals surface area contributed by atoms with Crippen LogP contribution in [0.2, 0.25) is 0 Å². The molecule has 0 N–H and O–H groups in total. The fourth-order valence-corrected chi connectivity index (χ4v) is 3.22. The third-order valence-electron chi connectivity index (χ3n) is 1.59. The first-order chi connectivity index (χ1) is 4.10. The van der Waals surface area contributed by atoms with Gasteiger partial charge in [0.15, 0.2) is 0 Å². The Morgan fingerprint density at radius 1 is 1.56 bits per heavy atom. The van der Waals surface area contributed by atoms with Gasteiger partial charge in [-0.3, -0.25) is 0 Å². The average molecular weight is 162 g/mol. The van der Waals surface area contributed by atoms with Crippen molar-refractivity contribution in [3.63, 3.8) is 0 Å². The first-order valence-corrected chi connectivity index (χ1v) is 5.03. The van der Waals surface area contributed by atoms with E-state index in [1.807, 2.05) is 11.8 Å². The first-order valence-electron chi connectivity index (χ1n) is 3.36.